The molecule has 0 fully saturated rings. The monoisotopic (exact) mass is 239 g/mol. The summed E-state index contributed by atoms with van der Waals surface area (Å²) in [6.45, 7) is 2.90. The van der Waals surface area contributed by atoms with Crippen LogP contribution in [-0.4, -0.2) is 43.6 Å². The maximum atomic E-state index is 9.67. The van der Waals surface area contributed by atoms with Gasteiger partial charge in [-0.05, 0) is 24.1 Å². The van der Waals surface area contributed by atoms with Gasteiger partial charge in [0, 0.05) is 26.4 Å². The molecule has 4 nitrogen and oxygen atoms in total. The highest BCUT2D eigenvalue weighted by Gasteiger charge is 2.10. The fourth-order valence-electron chi connectivity index (χ4n) is 1.90. The molecule has 1 unspecified atom stereocenters. The molecule has 0 saturated carbocycles. The molecule has 0 aliphatic carbocycles. The molecule has 0 aliphatic heterocycles. The number of hydrogen-bond donors (Lipinski definition) is 2. The summed E-state index contributed by atoms with van der Waals surface area (Å²) in [5.74, 6) is 0. The number of rotatable bonds is 6. The van der Waals surface area contributed by atoms with Crippen molar-refractivity contribution in [1.29, 1.82) is 0 Å². The van der Waals surface area contributed by atoms with Gasteiger partial charge >= 0.3 is 0 Å². The largest absolute Gasteiger partial charge is 0.392 e. The van der Waals surface area contributed by atoms with Gasteiger partial charge in [-0.15, -0.1) is 0 Å². The molecule has 1 atom stereocenters. The fourth-order valence-corrected chi connectivity index (χ4v) is 1.90. The van der Waals surface area contributed by atoms with Crippen molar-refractivity contribution in [3.63, 3.8) is 0 Å². The third-order valence-electron chi connectivity index (χ3n) is 2.70. The highest BCUT2D eigenvalue weighted by molar-refractivity contribution is 5.53. The van der Waals surface area contributed by atoms with Crippen LogP contribution in [0, 0.1) is 6.92 Å². The van der Waals surface area contributed by atoms with Crippen LogP contribution < -0.4 is 4.90 Å². The van der Waals surface area contributed by atoms with E-state index in [9.17, 15) is 5.11 Å². The van der Waals surface area contributed by atoms with E-state index in [1.165, 1.54) is 0 Å². The number of anilines is 1. The van der Waals surface area contributed by atoms with Gasteiger partial charge in [0.2, 0.25) is 0 Å². The minimum atomic E-state index is -0.498. The first-order chi connectivity index (χ1) is 8.08. The minimum absolute atomic E-state index is 0.0527. The second-order valence-corrected chi connectivity index (χ2v) is 4.27. The van der Waals surface area contributed by atoms with Crippen LogP contribution in [0.3, 0.4) is 0 Å². The minimum Gasteiger partial charge on any atom is -0.392 e. The molecule has 0 amide bonds. The van der Waals surface area contributed by atoms with E-state index in [2.05, 4.69) is 0 Å². The van der Waals surface area contributed by atoms with Gasteiger partial charge in [-0.3, -0.25) is 0 Å². The van der Waals surface area contributed by atoms with Crippen molar-refractivity contribution in [2.75, 3.05) is 32.2 Å². The van der Waals surface area contributed by atoms with Crippen molar-refractivity contribution in [2.45, 2.75) is 19.6 Å². The number of ether oxygens (including phenoxy) is 1. The molecule has 17 heavy (non-hydrogen) atoms. The summed E-state index contributed by atoms with van der Waals surface area (Å²) in [5.41, 5.74) is 3.04. The van der Waals surface area contributed by atoms with Crippen LogP contribution in [0.15, 0.2) is 18.2 Å². The van der Waals surface area contributed by atoms with Crippen molar-refractivity contribution < 1.29 is 14.9 Å². The van der Waals surface area contributed by atoms with Gasteiger partial charge in [0.1, 0.15) is 0 Å². The zero-order chi connectivity index (χ0) is 12.8. The predicted molar refractivity (Wildman–Crippen MR) is 68.3 cm³/mol. The Kier molecular flexibility index (Phi) is 5.41. The van der Waals surface area contributed by atoms with Crippen molar-refractivity contribution in [3.8, 4) is 0 Å². The summed E-state index contributed by atoms with van der Waals surface area (Å²) in [6.07, 6.45) is -0.498. The first-order valence-corrected chi connectivity index (χ1v) is 5.67. The molecule has 0 spiro atoms. The van der Waals surface area contributed by atoms with E-state index in [0.717, 1.165) is 16.8 Å². The topological polar surface area (TPSA) is 52.9 Å². The fraction of sp³-hybridized carbons (Fsp3) is 0.538. The molecule has 0 aliphatic rings. The van der Waals surface area contributed by atoms with Crippen LogP contribution in [0.4, 0.5) is 5.69 Å². The number of hydrogen-bond acceptors (Lipinski definition) is 4. The van der Waals surface area contributed by atoms with Crippen LogP contribution in [-0.2, 0) is 11.3 Å². The van der Waals surface area contributed by atoms with E-state index in [0.29, 0.717) is 13.2 Å². The lowest BCUT2D eigenvalue weighted by Crippen LogP contribution is -2.32. The number of benzene rings is 1. The van der Waals surface area contributed by atoms with Gasteiger partial charge in [-0.1, -0.05) is 12.1 Å². The second-order valence-electron chi connectivity index (χ2n) is 4.27. The zero-order valence-corrected chi connectivity index (χ0v) is 10.7. The maximum Gasteiger partial charge on any atom is 0.0947 e. The summed E-state index contributed by atoms with van der Waals surface area (Å²) < 4.78 is 4.90. The van der Waals surface area contributed by atoms with Crippen molar-refractivity contribution in [2.24, 2.45) is 0 Å². The molecule has 0 saturated heterocycles. The first-order valence-electron chi connectivity index (χ1n) is 5.67. The molecular weight excluding hydrogens is 218 g/mol. The molecule has 1 aromatic rings. The molecule has 0 aromatic heterocycles. The summed E-state index contributed by atoms with van der Waals surface area (Å²) in [6, 6.07) is 5.80. The smallest absolute Gasteiger partial charge is 0.0947 e. The summed E-state index contributed by atoms with van der Waals surface area (Å²) in [4.78, 5) is 1.99. The maximum absolute atomic E-state index is 9.67. The van der Waals surface area contributed by atoms with Gasteiger partial charge in [0.05, 0.1) is 19.3 Å². The van der Waals surface area contributed by atoms with E-state index in [-0.39, 0.29) is 6.61 Å². The Labute approximate surface area is 102 Å². The Morgan fingerprint density at radius 3 is 2.65 bits per heavy atom. The number of aryl methyl sites for hydroxylation is 1. The number of aliphatic hydroxyl groups excluding tert-OH is 2. The number of likely N-dealkylation sites (N-methyl/N-ethyl adjacent to an activating group) is 1. The van der Waals surface area contributed by atoms with E-state index in [4.69, 9.17) is 9.84 Å². The zero-order valence-electron chi connectivity index (χ0n) is 10.7. The van der Waals surface area contributed by atoms with E-state index in [1.807, 2.05) is 37.1 Å². The second kappa shape index (κ2) is 6.59. The van der Waals surface area contributed by atoms with Crippen LogP contribution in [0.5, 0.6) is 0 Å². The Hall–Kier alpha value is -1.10. The highest BCUT2D eigenvalue weighted by atomic mass is 16.5. The number of methoxy groups -OCH3 is 1. The van der Waals surface area contributed by atoms with Crippen LogP contribution in [0.2, 0.25) is 0 Å². The average Bonchev–Trinajstić information content (AvgIpc) is 2.28. The Morgan fingerprint density at radius 1 is 1.41 bits per heavy atom. The number of aliphatic hydroxyl groups is 2. The van der Waals surface area contributed by atoms with E-state index >= 15 is 0 Å². The standard InChI is InChI=1S/C13H21NO3/c1-10-6-11(8-15)4-5-13(10)14(2)7-12(16)9-17-3/h4-6,12,15-16H,7-9H2,1-3H3. The lowest BCUT2D eigenvalue weighted by atomic mass is 10.1. The Bertz CT molecular complexity index is 355. The predicted octanol–water partition coefficient (Wildman–Crippen LogP) is 0.931. The lowest BCUT2D eigenvalue weighted by molar-refractivity contribution is 0.0695. The molecule has 0 radical (unpaired) electrons. The quantitative estimate of drug-likeness (QED) is 0.775. The van der Waals surface area contributed by atoms with Gasteiger partial charge in [0.25, 0.3) is 0 Å². The van der Waals surface area contributed by atoms with Crippen LogP contribution in [0.1, 0.15) is 11.1 Å². The Morgan fingerprint density at radius 2 is 2.12 bits per heavy atom. The summed E-state index contributed by atoms with van der Waals surface area (Å²) in [7, 11) is 3.50. The van der Waals surface area contributed by atoms with Crippen LogP contribution >= 0.6 is 0 Å². The SMILES string of the molecule is COCC(O)CN(C)c1ccc(CO)cc1C. The highest BCUT2D eigenvalue weighted by Crippen LogP contribution is 2.20. The van der Waals surface area contributed by atoms with Gasteiger partial charge < -0.3 is 19.8 Å². The third-order valence-corrected chi connectivity index (χ3v) is 2.70. The molecule has 1 rings (SSSR count). The van der Waals surface area contributed by atoms with E-state index < -0.39 is 6.10 Å². The van der Waals surface area contributed by atoms with Crippen LogP contribution in [0.25, 0.3) is 0 Å². The average molecular weight is 239 g/mol. The van der Waals surface area contributed by atoms with Gasteiger partial charge in [-0.2, -0.15) is 0 Å². The molecule has 96 valence electrons. The summed E-state index contributed by atoms with van der Waals surface area (Å²) in [5, 5.41) is 18.7. The molecule has 4 heteroatoms. The van der Waals surface area contributed by atoms with Crippen molar-refractivity contribution in [1.82, 2.24) is 0 Å². The third kappa shape index (κ3) is 4.00. The molecule has 0 bridgehead atoms. The molecular formula is C13H21NO3. The Balaban J connectivity index is 2.71. The molecule has 0 heterocycles. The van der Waals surface area contributed by atoms with E-state index in [1.54, 1.807) is 7.11 Å². The molecule has 1 aromatic carbocycles. The summed E-state index contributed by atoms with van der Waals surface area (Å²) >= 11 is 0. The first kappa shape index (κ1) is 14.0. The van der Waals surface area contributed by atoms with Crippen molar-refractivity contribution in [3.05, 3.63) is 29.3 Å². The van der Waals surface area contributed by atoms with Gasteiger partial charge in [0.15, 0.2) is 0 Å². The van der Waals surface area contributed by atoms with Gasteiger partial charge in [-0.25, -0.2) is 0 Å². The molecule has 2 N–H and O–H groups in total. The lowest BCUT2D eigenvalue weighted by Gasteiger charge is -2.24. The number of nitrogens with zero attached hydrogens (tertiary/aromatic N) is 1. The van der Waals surface area contributed by atoms with Crippen molar-refractivity contribution >= 4 is 5.69 Å². The normalized spacial score (nSPS) is 12.5.